The molecule has 3 rings (SSSR count). The molecule has 1 aliphatic rings. The van der Waals surface area contributed by atoms with E-state index in [1.54, 1.807) is 36.9 Å². The molecule has 15 nitrogen and oxygen atoms in total. The molecule has 17 heteroatoms. The normalized spacial score (nSPS) is 18.2. The van der Waals surface area contributed by atoms with Crippen molar-refractivity contribution >= 4 is 51.3 Å². The van der Waals surface area contributed by atoms with Gasteiger partial charge in [-0.15, -0.1) is 0 Å². The summed E-state index contributed by atoms with van der Waals surface area (Å²) in [6.07, 6.45) is 0.869. The van der Waals surface area contributed by atoms with E-state index in [0.717, 1.165) is 11.4 Å². The number of likely N-dealkylation sites (N-methyl/N-ethyl adjacent to an activating group) is 2. The van der Waals surface area contributed by atoms with Crippen molar-refractivity contribution in [2.45, 2.75) is 135 Å². The molecule has 0 spiro atoms. The Kier molecular flexibility index (Phi) is 22.9. The van der Waals surface area contributed by atoms with Crippen LogP contribution in [0, 0.1) is 23.7 Å². The number of ether oxygens (including phenoxy) is 3. The van der Waals surface area contributed by atoms with Gasteiger partial charge in [0, 0.05) is 46.8 Å². The summed E-state index contributed by atoms with van der Waals surface area (Å²) in [5.74, 6) is -2.14. The topological polar surface area (TPSA) is 180 Å². The van der Waals surface area contributed by atoms with Gasteiger partial charge in [-0.25, -0.2) is 9.78 Å². The molecule has 64 heavy (non-hydrogen) atoms. The maximum Gasteiger partial charge on any atom is 0.410 e. The zero-order chi connectivity index (χ0) is 47.7. The Labute approximate surface area is 389 Å². The van der Waals surface area contributed by atoms with Crippen molar-refractivity contribution in [1.29, 1.82) is 0 Å². The molecular formula is C47H74N6O9S2. The van der Waals surface area contributed by atoms with Gasteiger partial charge in [0.05, 0.1) is 48.8 Å². The van der Waals surface area contributed by atoms with E-state index >= 15 is 0 Å². The number of hydrogen-bond acceptors (Lipinski definition) is 12. The first-order valence-corrected chi connectivity index (χ1v) is 24.8. The van der Waals surface area contributed by atoms with Gasteiger partial charge in [0.15, 0.2) is 0 Å². The first-order chi connectivity index (χ1) is 30.4. The number of aromatic nitrogens is 1. The van der Waals surface area contributed by atoms with Gasteiger partial charge in [0.2, 0.25) is 23.6 Å². The summed E-state index contributed by atoms with van der Waals surface area (Å²) in [4.78, 5) is 78.5. The lowest BCUT2D eigenvalue weighted by atomic mass is 9.89. The van der Waals surface area contributed by atoms with Crippen molar-refractivity contribution in [1.82, 2.24) is 30.3 Å². The molecule has 1 unspecified atom stereocenters. The molecule has 3 N–H and O–H groups in total. The minimum atomic E-state index is -0.947. The molecular weight excluding hydrogens is 857 g/mol. The van der Waals surface area contributed by atoms with E-state index in [1.165, 1.54) is 47.8 Å². The van der Waals surface area contributed by atoms with Crippen LogP contribution >= 0.6 is 21.6 Å². The lowest BCUT2D eigenvalue weighted by Crippen LogP contribution is -2.60. The quantitative estimate of drug-likeness (QED) is 0.0758. The Morgan fingerprint density at radius 3 is 2.14 bits per heavy atom. The molecule has 1 fully saturated rings. The second-order valence-electron chi connectivity index (χ2n) is 17.5. The number of aliphatic hydroxyl groups is 1. The van der Waals surface area contributed by atoms with Gasteiger partial charge in [-0.2, -0.15) is 0 Å². The van der Waals surface area contributed by atoms with E-state index in [-0.39, 0.29) is 54.5 Å². The van der Waals surface area contributed by atoms with Crippen molar-refractivity contribution in [3.63, 3.8) is 0 Å². The fourth-order valence-corrected chi connectivity index (χ4v) is 10.2. The van der Waals surface area contributed by atoms with Crippen LogP contribution in [0.4, 0.5) is 4.79 Å². The van der Waals surface area contributed by atoms with Crippen LogP contribution in [-0.2, 0) is 33.4 Å². The SMILES string of the molecule is CC[C@H](C)[C@@H]([C@@H](CC(=O)N1CCC[C@H]1[C@H](OC)[C@@H](C)C(=O)N[C@H](C)C(O)c1ccccc1)OC)N(C)C(=O)[C@@H](NC(=O)[C@H](C(C)C)N(C)C(=O)OCCSSc1ccccn1)C(C)C. The number of pyridine rings is 1. The molecule has 1 aromatic heterocycles. The number of aliphatic hydroxyl groups excluding tert-OH is 1. The highest BCUT2D eigenvalue weighted by molar-refractivity contribution is 8.76. The van der Waals surface area contributed by atoms with Crippen LogP contribution in [0.3, 0.4) is 0 Å². The molecule has 0 bridgehead atoms. The smallest absolute Gasteiger partial charge is 0.410 e. The maximum absolute atomic E-state index is 14.5. The van der Waals surface area contributed by atoms with Crippen LogP contribution < -0.4 is 10.6 Å². The van der Waals surface area contributed by atoms with Crippen LogP contribution in [-0.4, -0.2) is 144 Å². The third-order valence-corrected chi connectivity index (χ3v) is 14.5. The molecule has 10 atom stereocenters. The first kappa shape index (κ1) is 54.4. The second-order valence-corrected chi connectivity index (χ2v) is 19.9. The summed E-state index contributed by atoms with van der Waals surface area (Å²) < 4.78 is 17.5. The predicted octanol–water partition coefficient (Wildman–Crippen LogP) is 6.21. The Bertz CT molecular complexity index is 1760. The van der Waals surface area contributed by atoms with Gasteiger partial charge in [-0.3, -0.25) is 24.1 Å². The molecule has 0 saturated carbocycles. The number of nitrogens with one attached hydrogen (secondary N) is 2. The minimum absolute atomic E-state index is 0.0295. The van der Waals surface area contributed by atoms with Crippen LogP contribution in [0.1, 0.15) is 92.7 Å². The van der Waals surface area contributed by atoms with Crippen molar-refractivity contribution in [3.05, 3.63) is 60.3 Å². The Hall–Kier alpha value is -3.90. The molecule has 0 aliphatic carbocycles. The van der Waals surface area contributed by atoms with Crippen molar-refractivity contribution < 1.29 is 43.3 Å². The van der Waals surface area contributed by atoms with Gasteiger partial charge in [0.1, 0.15) is 23.7 Å². The van der Waals surface area contributed by atoms with Crippen molar-refractivity contribution in [2.75, 3.05) is 47.2 Å². The van der Waals surface area contributed by atoms with Crippen LogP contribution in [0.15, 0.2) is 59.8 Å². The van der Waals surface area contributed by atoms with Crippen molar-refractivity contribution in [2.24, 2.45) is 23.7 Å². The molecule has 0 radical (unpaired) electrons. The third kappa shape index (κ3) is 15.1. The Balaban J connectivity index is 1.71. The fourth-order valence-electron chi connectivity index (χ4n) is 8.45. The van der Waals surface area contributed by atoms with E-state index in [4.69, 9.17) is 14.2 Å². The number of nitrogens with zero attached hydrogens (tertiary/aromatic N) is 4. The molecule has 1 saturated heterocycles. The monoisotopic (exact) mass is 930 g/mol. The lowest BCUT2D eigenvalue weighted by molar-refractivity contribution is -0.148. The summed E-state index contributed by atoms with van der Waals surface area (Å²) in [6.45, 7) is 15.5. The Morgan fingerprint density at radius 2 is 1.56 bits per heavy atom. The number of likely N-dealkylation sites (tertiary alicyclic amines) is 1. The molecule has 2 aromatic rings. The van der Waals surface area contributed by atoms with Gasteiger partial charge in [0.25, 0.3) is 0 Å². The highest BCUT2D eigenvalue weighted by Gasteiger charge is 2.43. The van der Waals surface area contributed by atoms with Gasteiger partial charge >= 0.3 is 6.09 Å². The number of carbonyl (C=O) groups is 5. The molecule has 1 aromatic carbocycles. The fraction of sp³-hybridized carbons (Fsp3) is 0.660. The van der Waals surface area contributed by atoms with E-state index in [1.807, 2.05) is 90.1 Å². The van der Waals surface area contributed by atoms with E-state index in [0.29, 0.717) is 30.7 Å². The highest BCUT2D eigenvalue weighted by atomic mass is 33.1. The maximum atomic E-state index is 14.5. The number of carbonyl (C=O) groups excluding carboxylic acids is 5. The number of benzene rings is 1. The summed E-state index contributed by atoms with van der Waals surface area (Å²) in [7, 11) is 9.26. The molecule has 1 aliphatic heterocycles. The number of rotatable bonds is 25. The Morgan fingerprint density at radius 1 is 0.891 bits per heavy atom. The minimum Gasteiger partial charge on any atom is -0.448 e. The zero-order valence-corrected chi connectivity index (χ0v) is 41.5. The first-order valence-electron chi connectivity index (χ1n) is 22.4. The standard InChI is InChI=1S/C47H74N6O9S2/c1-13-31(6)41(36(60-11)28-38(54)53-25-19-22-35(53)43(61-12)32(7)44(56)49-33(8)42(55)34-20-15-14-16-21-34)51(9)46(58)39(29(2)3)50-45(57)40(30(4)5)52(10)47(59)62-26-27-63-64-37-23-17-18-24-48-37/h14-18,20-21,23-24,29-33,35-36,39-43,55H,13,19,22,25-28H2,1-12H3,(H,49,56)(H,50,57)/t31-,32+,33+,35-,36+,39-,40-,41-,42?,43+/m0/s1. The van der Waals surface area contributed by atoms with E-state index in [2.05, 4.69) is 15.6 Å². The van der Waals surface area contributed by atoms with Crippen molar-refractivity contribution in [3.8, 4) is 0 Å². The second kappa shape index (κ2) is 26.9. The number of methoxy groups -OCH3 is 2. The van der Waals surface area contributed by atoms with Gasteiger partial charge in [-0.1, -0.05) is 102 Å². The van der Waals surface area contributed by atoms with E-state index < -0.39 is 60.4 Å². The highest BCUT2D eigenvalue weighted by Crippen LogP contribution is 2.31. The zero-order valence-electron chi connectivity index (χ0n) is 39.9. The summed E-state index contributed by atoms with van der Waals surface area (Å²) >= 11 is 0. The van der Waals surface area contributed by atoms with Crippen LogP contribution in [0.5, 0.6) is 0 Å². The van der Waals surface area contributed by atoms with Crippen LogP contribution in [0.2, 0.25) is 0 Å². The summed E-state index contributed by atoms with van der Waals surface area (Å²) in [6, 6.07) is 11.4. The summed E-state index contributed by atoms with van der Waals surface area (Å²) in [5.41, 5.74) is 0.694. The largest absolute Gasteiger partial charge is 0.448 e. The number of amides is 5. The van der Waals surface area contributed by atoms with Crippen LogP contribution in [0.25, 0.3) is 0 Å². The summed E-state index contributed by atoms with van der Waals surface area (Å²) in [5, 5.41) is 17.6. The van der Waals surface area contributed by atoms with Gasteiger partial charge < -0.3 is 39.8 Å². The van der Waals surface area contributed by atoms with Gasteiger partial charge in [-0.05, 0) is 66.0 Å². The molecule has 358 valence electrons. The molecule has 2 heterocycles. The molecule has 5 amide bonds. The van der Waals surface area contributed by atoms with E-state index in [9.17, 15) is 29.1 Å². The lowest BCUT2D eigenvalue weighted by Gasteiger charge is -2.41. The number of hydrogen-bond donors (Lipinski definition) is 3. The average Bonchev–Trinajstić information content (AvgIpc) is 3.77. The average molecular weight is 931 g/mol. The third-order valence-electron chi connectivity index (χ3n) is 12.3. The predicted molar refractivity (Wildman–Crippen MR) is 252 cm³/mol.